The van der Waals surface area contributed by atoms with Crippen LogP contribution in [-0.2, 0) is 9.59 Å². The first-order valence-electron chi connectivity index (χ1n) is 6.17. The molecule has 7 nitrogen and oxygen atoms in total. The highest BCUT2D eigenvalue weighted by atomic mass is 79.9. The molecule has 8 heteroatoms. The Bertz CT molecular complexity index is 574. The van der Waals surface area contributed by atoms with Gasteiger partial charge in [-0.25, -0.2) is 4.79 Å². The summed E-state index contributed by atoms with van der Waals surface area (Å²) in [5.41, 5.74) is 0.315. The van der Waals surface area contributed by atoms with Crippen molar-refractivity contribution in [3.8, 4) is 0 Å². The van der Waals surface area contributed by atoms with Gasteiger partial charge in [-0.15, -0.1) is 0 Å². The zero-order valence-corrected chi connectivity index (χ0v) is 12.4. The van der Waals surface area contributed by atoms with E-state index in [1.54, 1.807) is 24.3 Å². The van der Waals surface area contributed by atoms with Gasteiger partial charge < -0.3 is 20.4 Å². The molecule has 2 atom stereocenters. The van der Waals surface area contributed by atoms with Crippen LogP contribution < -0.4 is 5.32 Å². The van der Waals surface area contributed by atoms with Crippen LogP contribution in [0, 0.1) is 0 Å². The van der Waals surface area contributed by atoms with Crippen molar-refractivity contribution in [3.63, 3.8) is 0 Å². The van der Waals surface area contributed by atoms with Gasteiger partial charge >= 0.3 is 11.9 Å². The van der Waals surface area contributed by atoms with Crippen LogP contribution in [0.25, 0.3) is 0 Å². The maximum Gasteiger partial charge on any atom is 0.328 e. The van der Waals surface area contributed by atoms with Crippen LogP contribution in [0.1, 0.15) is 10.4 Å². The van der Waals surface area contributed by atoms with Gasteiger partial charge in [-0.3, -0.25) is 9.59 Å². The second-order valence-electron chi connectivity index (χ2n) is 4.56. The molecule has 0 spiro atoms. The molecule has 1 amide bonds. The third-order valence-electron chi connectivity index (χ3n) is 3.24. The second-order valence-corrected chi connectivity index (χ2v) is 5.47. The lowest BCUT2D eigenvalue weighted by molar-refractivity contribution is -0.152. The van der Waals surface area contributed by atoms with Crippen LogP contribution in [0.15, 0.2) is 28.7 Å². The number of carbonyl (C=O) groups excluding carboxylic acids is 1. The molecule has 1 fully saturated rings. The molecule has 0 saturated carbocycles. The van der Waals surface area contributed by atoms with E-state index in [1.807, 2.05) is 0 Å². The first kappa shape index (κ1) is 15.5. The highest BCUT2D eigenvalue weighted by Crippen LogP contribution is 2.17. The molecule has 1 saturated heterocycles. The highest BCUT2D eigenvalue weighted by molar-refractivity contribution is 9.10. The van der Waals surface area contributed by atoms with Gasteiger partial charge in [-0.1, -0.05) is 15.9 Å². The van der Waals surface area contributed by atoms with Crippen LogP contribution in [0.5, 0.6) is 0 Å². The average Bonchev–Trinajstić information content (AvgIpc) is 2.46. The molecule has 0 bridgehead atoms. The van der Waals surface area contributed by atoms with Gasteiger partial charge in [-0.2, -0.15) is 0 Å². The van der Waals surface area contributed by atoms with Gasteiger partial charge in [0.15, 0.2) is 6.04 Å². The molecule has 0 radical (unpaired) electrons. The van der Waals surface area contributed by atoms with E-state index in [4.69, 9.17) is 5.11 Å². The van der Waals surface area contributed by atoms with E-state index < -0.39 is 29.9 Å². The predicted octanol–water partition coefficient (Wildman–Crippen LogP) is 0.401. The Morgan fingerprint density at radius 2 is 1.76 bits per heavy atom. The van der Waals surface area contributed by atoms with Crippen molar-refractivity contribution in [2.45, 2.75) is 12.1 Å². The number of benzene rings is 1. The summed E-state index contributed by atoms with van der Waals surface area (Å²) in [5, 5.41) is 21.0. The highest BCUT2D eigenvalue weighted by Gasteiger charge is 2.43. The quantitative estimate of drug-likeness (QED) is 0.723. The molecule has 2 unspecified atom stereocenters. The van der Waals surface area contributed by atoms with Gasteiger partial charge in [0.1, 0.15) is 6.04 Å². The van der Waals surface area contributed by atoms with Crippen molar-refractivity contribution >= 4 is 33.8 Å². The summed E-state index contributed by atoms with van der Waals surface area (Å²) >= 11 is 3.25. The Morgan fingerprint density at radius 1 is 1.14 bits per heavy atom. The lowest BCUT2D eigenvalue weighted by Gasteiger charge is -2.37. The fourth-order valence-corrected chi connectivity index (χ4v) is 2.52. The molecule has 1 aromatic rings. The van der Waals surface area contributed by atoms with Crippen molar-refractivity contribution in [2.75, 3.05) is 13.1 Å². The molecule has 1 aliphatic heterocycles. The van der Waals surface area contributed by atoms with Gasteiger partial charge in [0.25, 0.3) is 5.91 Å². The lowest BCUT2D eigenvalue weighted by atomic mass is 10.0. The topological polar surface area (TPSA) is 107 Å². The molecule has 0 aromatic heterocycles. The number of hydrogen-bond donors (Lipinski definition) is 3. The zero-order chi connectivity index (χ0) is 15.6. The van der Waals surface area contributed by atoms with Gasteiger partial charge in [0.05, 0.1) is 0 Å². The van der Waals surface area contributed by atoms with Crippen molar-refractivity contribution in [1.29, 1.82) is 0 Å². The van der Waals surface area contributed by atoms with Crippen molar-refractivity contribution in [2.24, 2.45) is 0 Å². The third-order valence-corrected chi connectivity index (χ3v) is 3.77. The normalized spacial score (nSPS) is 21.9. The van der Waals surface area contributed by atoms with E-state index >= 15 is 0 Å². The summed E-state index contributed by atoms with van der Waals surface area (Å²) < 4.78 is 0.789. The Kier molecular flexibility index (Phi) is 4.59. The number of carboxylic acids is 2. The van der Waals surface area contributed by atoms with Gasteiger partial charge in [0.2, 0.25) is 0 Å². The van der Waals surface area contributed by atoms with Crippen molar-refractivity contribution in [3.05, 3.63) is 34.3 Å². The van der Waals surface area contributed by atoms with E-state index in [0.29, 0.717) is 5.56 Å². The van der Waals surface area contributed by atoms with Crippen LogP contribution in [-0.4, -0.2) is 58.1 Å². The minimum Gasteiger partial charge on any atom is -0.480 e. The largest absolute Gasteiger partial charge is 0.480 e. The minimum absolute atomic E-state index is 0.135. The van der Waals surface area contributed by atoms with Crippen molar-refractivity contribution in [1.82, 2.24) is 10.2 Å². The molecule has 21 heavy (non-hydrogen) atoms. The lowest BCUT2D eigenvalue weighted by Crippen LogP contribution is -2.65. The summed E-state index contributed by atoms with van der Waals surface area (Å²) in [4.78, 5) is 36.0. The molecule has 1 heterocycles. The maximum atomic E-state index is 12.4. The summed E-state index contributed by atoms with van der Waals surface area (Å²) in [7, 11) is 0. The van der Waals surface area contributed by atoms with Crippen LogP contribution in [0.3, 0.4) is 0 Å². The molecule has 112 valence electrons. The first-order valence-corrected chi connectivity index (χ1v) is 6.96. The smallest absolute Gasteiger partial charge is 0.328 e. The van der Waals surface area contributed by atoms with Gasteiger partial charge in [-0.05, 0) is 24.3 Å². The predicted molar refractivity (Wildman–Crippen MR) is 76.0 cm³/mol. The van der Waals surface area contributed by atoms with Gasteiger partial charge in [0, 0.05) is 23.1 Å². The van der Waals surface area contributed by atoms with Crippen LogP contribution >= 0.6 is 15.9 Å². The molecule has 2 rings (SSSR count). The minimum atomic E-state index is -1.44. The Hall–Kier alpha value is -1.93. The van der Waals surface area contributed by atoms with E-state index in [1.165, 1.54) is 0 Å². The third kappa shape index (κ3) is 3.22. The van der Waals surface area contributed by atoms with E-state index in [0.717, 1.165) is 9.37 Å². The number of carboxylic acid groups (broad SMARTS) is 2. The molecule has 1 aliphatic rings. The van der Waals surface area contributed by atoms with E-state index in [9.17, 15) is 19.5 Å². The van der Waals surface area contributed by atoms with Crippen LogP contribution in [0.4, 0.5) is 0 Å². The fourth-order valence-electron chi connectivity index (χ4n) is 2.26. The second kappa shape index (κ2) is 6.23. The van der Waals surface area contributed by atoms with Crippen LogP contribution in [0.2, 0.25) is 0 Å². The van der Waals surface area contributed by atoms with E-state index in [-0.39, 0.29) is 13.1 Å². The first-order chi connectivity index (χ1) is 9.91. The monoisotopic (exact) mass is 356 g/mol. The standard InChI is InChI=1S/C13H13BrN2O5/c14-8-3-1-7(2-4-8)11(17)16-6-5-15-9(12(18)19)10(16)13(20)21/h1-4,9-10,15H,5-6H2,(H,18,19)(H,20,21). The number of rotatable bonds is 3. The summed E-state index contributed by atoms with van der Waals surface area (Å²) in [6.45, 7) is 0.360. The number of carbonyl (C=O) groups is 3. The Labute approximate surface area is 128 Å². The molecule has 3 N–H and O–H groups in total. The summed E-state index contributed by atoms with van der Waals surface area (Å²) in [5.74, 6) is -3.14. The molecule has 1 aromatic carbocycles. The zero-order valence-electron chi connectivity index (χ0n) is 10.8. The fraction of sp³-hybridized carbons (Fsp3) is 0.308. The number of aliphatic carboxylic acids is 2. The number of nitrogens with zero attached hydrogens (tertiary/aromatic N) is 1. The number of piperazine rings is 1. The average molecular weight is 357 g/mol. The number of nitrogens with one attached hydrogen (secondary N) is 1. The number of halogens is 1. The maximum absolute atomic E-state index is 12.4. The number of hydrogen-bond acceptors (Lipinski definition) is 4. The molecular formula is C13H13BrN2O5. The molecular weight excluding hydrogens is 344 g/mol. The number of amides is 1. The van der Waals surface area contributed by atoms with E-state index in [2.05, 4.69) is 21.2 Å². The summed E-state index contributed by atoms with van der Waals surface area (Å²) in [6, 6.07) is 3.69. The molecule has 0 aliphatic carbocycles. The van der Waals surface area contributed by atoms with Crippen molar-refractivity contribution < 1.29 is 24.6 Å². The SMILES string of the molecule is O=C(O)C1NCCN(C(=O)c2ccc(Br)cc2)C1C(=O)O. The Balaban J connectivity index is 2.31. The summed E-state index contributed by atoms with van der Waals surface area (Å²) in [6.07, 6.45) is 0. The Morgan fingerprint density at radius 3 is 2.29 bits per heavy atom.